The first-order chi connectivity index (χ1) is 12.0. The van der Waals surface area contributed by atoms with Crippen molar-refractivity contribution in [1.82, 2.24) is 0 Å². The van der Waals surface area contributed by atoms with Gasteiger partial charge in [-0.25, -0.2) is 0 Å². The molecule has 0 unspecified atom stereocenters. The van der Waals surface area contributed by atoms with E-state index in [-0.39, 0.29) is 22.4 Å². The van der Waals surface area contributed by atoms with Gasteiger partial charge in [-0.3, -0.25) is 9.59 Å². The summed E-state index contributed by atoms with van der Waals surface area (Å²) in [6.07, 6.45) is 0. The minimum absolute atomic E-state index is 0.00187. The van der Waals surface area contributed by atoms with Gasteiger partial charge in [-0.2, -0.15) is 0 Å². The van der Waals surface area contributed by atoms with E-state index in [0.29, 0.717) is 26.7 Å². The summed E-state index contributed by atoms with van der Waals surface area (Å²) in [7, 11) is 0. The lowest BCUT2D eigenvalue weighted by Gasteiger charge is -2.04. The summed E-state index contributed by atoms with van der Waals surface area (Å²) in [5, 5.41) is 4.01. The van der Waals surface area contributed by atoms with E-state index < -0.39 is 5.91 Å². The number of furan rings is 1. The topological polar surface area (TPSA) is 72.5 Å². The maximum atomic E-state index is 12.5. The van der Waals surface area contributed by atoms with Crippen LogP contribution in [0, 0.1) is 0 Å². The molecule has 1 amide bonds. The van der Waals surface area contributed by atoms with Gasteiger partial charge in [0.05, 0.1) is 5.39 Å². The normalized spacial score (nSPS) is 11.1. The maximum Gasteiger partial charge on any atom is 0.302 e. The van der Waals surface area contributed by atoms with E-state index in [1.165, 1.54) is 6.07 Å². The number of benzene rings is 2. The molecule has 0 aliphatic rings. The third-order valence-electron chi connectivity index (χ3n) is 3.62. The highest BCUT2D eigenvalue weighted by Gasteiger charge is 2.18. The minimum atomic E-state index is -0.548. The Hall–Kier alpha value is -2.76. The largest absolute Gasteiger partial charge is 0.425 e. The Morgan fingerprint density at radius 1 is 0.920 bits per heavy atom. The SMILES string of the molecule is O=C(Nc1cc(Cl)cc(Cl)c1)c1cc2c(=O)c3ccccc3oc2o1. The van der Waals surface area contributed by atoms with Crippen molar-refractivity contribution in [3.63, 3.8) is 0 Å². The van der Waals surface area contributed by atoms with Crippen LogP contribution in [0.5, 0.6) is 0 Å². The summed E-state index contributed by atoms with van der Waals surface area (Å²) in [5.74, 6) is -0.603. The van der Waals surface area contributed by atoms with Crippen LogP contribution in [0.1, 0.15) is 10.6 Å². The van der Waals surface area contributed by atoms with Crippen LogP contribution in [0.15, 0.2) is 62.2 Å². The van der Waals surface area contributed by atoms with Gasteiger partial charge in [0.2, 0.25) is 5.43 Å². The van der Waals surface area contributed by atoms with Crippen molar-refractivity contribution in [2.45, 2.75) is 0 Å². The summed E-state index contributed by atoms with van der Waals surface area (Å²) < 4.78 is 11.0. The lowest BCUT2D eigenvalue weighted by atomic mass is 10.2. The fourth-order valence-corrected chi connectivity index (χ4v) is 3.05. The maximum absolute atomic E-state index is 12.5. The van der Waals surface area contributed by atoms with Crippen molar-refractivity contribution < 1.29 is 13.6 Å². The van der Waals surface area contributed by atoms with Crippen molar-refractivity contribution in [3.05, 3.63) is 74.6 Å². The third kappa shape index (κ3) is 2.88. The molecular formula is C18H9Cl2NO4. The van der Waals surface area contributed by atoms with Crippen LogP contribution in [-0.4, -0.2) is 5.91 Å². The number of hydrogen-bond acceptors (Lipinski definition) is 4. The van der Waals surface area contributed by atoms with Gasteiger partial charge >= 0.3 is 5.78 Å². The third-order valence-corrected chi connectivity index (χ3v) is 4.06. The van der Waals surface area contributed by atoms with E-state index in [9.17, 15) is 9.59 Å². The average molecular weight is 374 g/mol. The molecule has 25 heavy (non-hydrogen) atoms. The standard InChI is InChI=1S/C18H9Cl2NO4/c19-9-5-10(20)7-11(6-9)21-17(23)15-8-13-16(22)12-3-1-2-4-14(12)24-18(13)25-15/h1-8H,(H,21,23). The number of hydrogen-bond donors (Lipinski definition) is 1. The molecule has 5 nitrogen and oxygen atoms in total. The molecule has 0 bridgehead atoms. The second-order valence-electron chi connectivity index (χ2n) is 5.35. The van der Waals surface area contributed by atoms with Crippen LogP contribution in [0.25, 0.3) is 22.1 Å². The van der Waals surface area contributed by atoms with Crippen LogP contribution in [-0.2, 0) is 0 Å². The Bertz CT molecular complexity index is 1170. The lowest BCUT2D eigenvalue weighted by molar-refractivity contribution is 0.0997. The molecule has 0 aliphatic carbocycles. The highest BCUT2D eigenvalue weighted by Crippen LogP contribution is 2.25. The van der Waals surface area contributed by atoms with Crippen molar-refractivity contribution in [3.8, 4) is 0 Å². The number of anilines is 1. The van der Waals surface area contributed by atoms with Crippen LogP contribution in [0.3, 0.4) is 0 Å². The molecule has 0 saturated heterocycles. The monoisotopic (exact) mass is 373 g/mol. The van der Waals surface area contributed by atoms with Gasteiger partial charge in [0, 0.05) is 21.8 Å². The zero-order chi connectivity index (χ0) is 17.6. The second-order valence-corrected chi connectivity index (χ2v) is 6.22. The predicted octanol–water partition coefficient (Wildman–Crippen LogP) is 5.10. The Kier molecular flexibility index (Phi) is 3.75. The van der Waals surface area contributed by atoms with Crippen molar-refractivity contribution in [1.29, 1.82) is 0 Å². The number of carbonyl (C=O) groups excluding carboxylic acids is 1. The van der Waals surface area contributed by atoms with E-state index in [4.69, 9.17) is 32.0 Å². The molecule has 0 aliphatic heterocycles. The molecular weight excluding hydrogens is 365 g/mol. The summed E-state index contributed by atoms with van der Waals surface area (Å²) >= 11 is 11.8. The Morgan fingerprint density at radius 3 is 2.40 bits per heavy atom. The number of halogens is 2. The molecule has 124 valence electrons. The highest BCUT2D eigenvalue weighted by molar-refractivity contribution is 6.35. The number of para-hydroxylation sites is 1. The molecule has 2 aromatic carbocycles. The number of amides is 1. The first-order valence-electron chi connectivity index (χ1n) is 7.24. The lowest BCUT2D eigenvalue weighted by Crippen LogP contribution is -2.10. The van der Waals surface area contributed by atoms with Gasteiger partial charge in [-0.15, -0.1) is 0 Å². The molecule has 7 heteroatoms. The van der Waals surface area contributed by atoms with E-state index >= 15 is 0 Å². The molecule has 4 aromatic rings. The van der Waals surface area contributed by atoms with Gasteiger partial charge < -0.3 is 14.2 Å². The summed E-state index contributed by atoms with van der Waals surface area (Å²) in [5.41, 5.74) is 0.542. The minimum Gasteiger partial charge on any atom is -0.425 e. The van der Waals surface area contributed by atoms with Gasteiger partial charge in [-0.05, 0) is 30.3 Å². The van der Waals surface area contributed by atoms with Crippen LogP contribution in [0.2, 0.25) is 10.0 Å². The van der Waals surface area contributed by atoms with Crippen molar-refractivity contribution >= 4 is 56.9 Å². The summed E-state index contributed by atoms with van der Waals surface area (Å²) in [6, 6.07) is 12.8. The fraction of sp³-hybridized carbons (Fsp3) is 0. The fourth-order valence-electron chi connectivity index (χ4n) is 2.53. The van der Waals surface area contributed by atoms with Crippen molar-refractivity contribution in [2.75, 3.05) is 5.32 Å². The van der Waals surface area contributed by atoms with E-state index in [1.807, 2.05) is 0 Å². The number of rotatable bonds is 2. The Labute approximate surface area is 150 Å². The Morgan fingerprint density at radius 2 is 1.64 bits per heavy atom. The zero-order valence-electron chi connectivity index (χ0n) is 12.5. The molecule has 2 heterocycles. The predicted molar refractivity (Wildman–Crippen MR) is 96.7 cm³/mol. The van der Waals surface area contributed by atoms with Crippen molar-refractivity contribution in [2.24, 2.45) is 0 Å². The molecule has 1 N–H and O–H groups in total. The smallest absolute Gasteiger partial charge is 0.302 e. The molecule has 0 radical (unpaired) electrons. The quantitative estimate of drug-likeness (QED) is 0.530. The van der Waals surface area contributed by atoms with Gasteiger partial charge in [0.1, 0.15) is 11.0 Å². The van der Waals surface area contributed by atoms with Crippen LogP contribution >= 0.6 is 23.2 Å². The molecule has 0 saturated carbocycles. The molecule has 0 spiro atoms. The summed E-state index contributed by atoms with van der Waals surface area (Å²) in [6.45, 7) is 0. The number of nitrogens with one attached hydrogen (secondary N) is 1. The van der Waals surface area contributed by atoms with Gasteiger partial charge in [-0.1, -0.05) is 35.3 Å². The van der Waals surface area contributed by atoms with E-state index in [2.05, 4.69) is 5.32 Å². The molecule has 0 atom stereocenters. The second kappa shape index (κ2) is 5.95. The van der Waals surface area contributed by atoms with Crippen LogP contribution < -0.4 is 10.7 Å². The average Bonchev–Trinajstić information content (AvgIpc) is 2.98. The Balaban J connectivity index is 1.76. The zero-order valence-corrected chi connectivity index (χ0v) is 14.0. The molecule has 4 rings (SSSR count). The first kappa shape index (κ1) is 15.7. The number of carbonyl (C=O) groups is 1. The molecule has 0 fully saturated rings. The van der Waals surface area contributed by atoms with Crippen LogP contribution in [0.4, 0.5) is 5.69 Å². The number of fused-ring (bicyclic) bond motifs is 2. The molecule has 2 aromatic heterocycles. The summed E-state index contributed by atoms with van der Waals surface area (Å²) in [4.78, 5) is 24.9. The highest BCUT2D eigenvalue weighted by atomic mass is 35.5. The van der Waals surface area contributed by atoms with E-state index in [0.717, 1.165) is 0 Å². The van der Waals surface area contributed by atoms with Gasteiger partial charge in [0.15, 0.2) is 5.76 Å². The van der Waals surface area contributed by atoms with Gasteiger partial charge in [0.25, 0.3) is 5.91 Å². The first-order valence-corrected chi connectivity index (χ1v) is 8.00. The van der Waals surface area contributed by atoms with E-state index in [1.54, 1.807) is 42.5 Å².